The molecule has 0 aliphatic carbocycles. The Hall–Kier alpha value is -1.30. The van der Waals surface area contributed by atoms with Crippen molar-refractivity contribution in [3.05, 3.63) is 32.6 Å². The lowest BCUT2D eigenvalue weighted by atomic mass is 9.98. The first-order chi connectivity index (χ1) is 16.1. The molecule has 2 aliphatic heterocycles. The predicted octanol–water partition coefficient (Wildman–Crippen LogP) is -2.46. The van der Waals surface area contributed by atoms with Gasteiger partial charge in [-0.15, -0.1) is 0 Å². The summed E-state index contributed by atoms with van der Waals surface area (Å²) in [5.74, 6) is 0. The zero-order valence-corrected chi connectivity index (χ0v) is 20.2. The molecule has 0 saturated carbocycles. The number of rotatable bonds is 8. The van der Waals surface area contributed by atoms with E-state index in [0.717, 1.165) is 4.57 Å². The van der Waals surface area contributed by atoms with E-state index in [-0.39, 0.29) is 12.0 Å². The van der Waals surface area contributed by atoms with Crippen molar-refractivity contribution in [3.8, 4) is 0 Å². The first-order valence-electron chi connectivity index (χ1n) is 10.2. The van der Waals surface area contributed by atoms with Gasteiger partial charge in [0.05, 0.1) is 24.9 Å². The molecule has 3 rings (SSSR count). The van der Waals surface area contributed by atoms with E-state index in [1.807, 2.05) is 0 Å². The first kappa shape index (κ1) is 28.3. The maximum Gasteiger partial charge on any atom is 0.483 e. The number of nitrogens with one attached hydrogen (secondary N) is 1. The van der Waals surface area contributed by atoms with Gasteiger partial charge in [-0.2, -0.15) is 4.31 Å². The molecule has 19 heteroatoms. The number of aryl methyl sites for hydroxylation is 1. The largest absolute Gasteiger partial charge is 0.483 e. The summed E-state index contributed by atoms with van der Waals surface area (Å²) in [6, 6.07) is -1.03. The number of hydrogen-bond acceptors (Lipinski definition) is 13. The predicted molar refractivity (Wildman–Crippen MR) is 113 cm³/mol. The molecule has 0 amide bonds. The number of ether oxygens (including phenoxy) is 2. The molecule has 0 spiro atoms. The second-order valence-corrected chi connectivity index (χ2v) is 11.1. The van der Waals surface area contributed by atoms with E-state index >= 15 is 0 Å². The summed E-state index contributed by atoms with van der Waals surface area (Å²) in [6.45, 7) is 2.03. The minimum atomic E-state index is -5.40. The topological polar surface area (TPSA) is 262 Å². The third kappa shape index (κ3) is 6.72. The average molecular weight is 547 g/mol. The molecule has 8 N–H and O–H groups in total. The Balaban J connectivity index is 1.59. The third-order valence-electron chi connectivity index (χ3n) is 5.42. The lowest BCUT2D eigenvalue weighted by Gasteiger charge is -2.39. The fourth-order valence-electron chi connectivity index (χ4n) is 3.44. The molecule has 0 aromatic carbocycles. The molecule has 0 bridgehead atoms. The van der Waals surface area contributed by atoms with Crippen LogP contribution in [0.1, 0.15) is 25.1 Å². The Bertz CT molecular complexity index is 1130. The SMILES string of the molecule is Cc1cn([C@H]2C[C@H](O)[C@@H](COP(=O)(O)OP(=O)(O)OC3O[C@H](C)[C@@H](N)[C@H](O)[C@H]3O)O2)c(=O)[nH]c1=O. The van der Waals surface area contributed by atoms with Crippen LogP contribution in [-0.2, 0) is 32.0 Å². The minimum Gasteiger partial charge on any atom is -0.390 e. The van der Waals surface area contributed by atoms with E-state index in [2.05, 4.69) is 18.3 Å². The van der Waals surface area contributed by atoms with Crippen molar-refractivity contribution < 1.29 is 57.1 Å². The molecule has 3 unspecified atom stereocenters. The summed E-state index contributed by atoms with van der Waals surface area (Å²) < 4.78 is 49.3. The molecule has 2 saturated heterocycles. The molecule has 35 heavy (non-hydrogen) atoms. The summed E-state index contributed by atoms with van der Waals surface area (Å²) in [6.07, 6.45) is -8.81. The normalized spacial score (nSPS) is 37.0. The lowest BCUT2D eigenvalue weighted by Crippen LogP contribution is -2.60. The Morgan fingerprint density at radius 2 is 1.83 bits per heavy atom. The van der Waals surface area contributed by atoms with Crippen molar-refractivity contribution in [2.45, 2.75) is 69.3 Å². The molecule has 1 aromatic heterocycles. The van der Waals surface area contributed by atoms with Crippen LogP contribution in [0.3, 0.4) is 0 Å². The van der Waals surface area contributed by atoms with Crippen molar-refractivity contribution in [2.75, 3.05) is 6.61 Å². The summed E-state index contributed by atoms with van der Waals surface area (Å²) in [7, 11) is -10.7. The summed E-state index contributed by atoms with van der Waals surface area (Å²) in [4.78, 5) is 45.2. The van der Waals surface area contributed by atoms with E-state index in [1.165, 1.54) is 20.0 Å². The number of aromatic amines is 1. The van der Waals surface area contributed by atoms with Gasteiger partial charge in [0.2, 0.25) is 0 Å². The van der Waals surface area contributed by atoms with Gasteiger partial charge in [0.15, 0.2) is 6.29 Å². The molecule has 200 valence electrons. The van der Waals surface area contributed by atoms with Crippen LogP contribution in [0.4, 0.5) is 0 Å². The number of H-pyrrole nitrogens is 1. The van der Waals surface area contributed by atoms with Crippen LogP contribution in [0.5, 0.6) is 0 Å². The average Bonchev–Trinajstić information content (AvgIpc) is 3.11. The van der Waals surface area contributed by atoms with Crippen molar-refractivity contribution in [1.82, 2.24) is 9.55 Å². The lowest BCUT2D eigenvalue weighted by molar-refractivity contribution is -0.242. The van der Waals surface area contributed by atoms with E-state index in [9.17, 15) is 43.8 Å². The number of aliphatic hydroxyl groups is 3. The van der Waals surface area contributed by atoms with Crippen LogP contribution < -0.4 is 17.0 Å². The molecule has 10 atom stereocenters. The Morgan fingerprint density at radius 3 is 2.49 bits per heavy atom. The maximum absolute atomic E-state index is 12.2. The van der Waals surface area contributed by atoms with Gasteiger partial charge in [0.1, 0.15) is 24.5 Å². The smallest absolute Gasteiger partial charge is 0.390 e. The van der Waals surface area contributed by atoms with Crippen molar-refractivity contribution >= 4 is 15.6 Å². The summed E-state index contributed by atoms with van der Waals surface area (Å²) in [5, 5.41) is 29.9. The second-order valence-electron chi connectivity index (χ2n) is 8.10. The van der Waals surface area contributed by atoms with Gasteiger partial charge in [-0.3, -0.25) is 23.4 Å². The highest BCUT2D eigenvalue weighted by atomic mass is 31.3. The van der Waals surface area contributed by atoms with E-state index in [1.54, 1.807) is 0 Å². The number of phosphoric ester groups is 2. The molecule has 3 heterocycles. The number of aromatic nitrogens is 2. The number of nitrogens with two attached hydrogens (primary N) is 1. The molecule has 2 aliphatic rings. The van der Waals surface area contributed by atoms with Crippen molar-refractivity contribution in [1.29, 1.82) is 0 Å². The number of hydrogen-bond donors (Lipinski definition) is 7. The van der Waals surface area contributed by atoms with Gasteiger partial charge < -0.3 is 40.3 Å². The van der Waals surface area contributed by atoms with Crippen molar-refractivity contribution in [3.63, 3.8) is 0 Å². The highest BCUT2D eigenvalue weighted by molar-refractivity contribution is 7.61. The van der Waals surface area contributed by atoms with Crippen LogP contribution in [0, 0.1) is 6.92 Å². The molecule has 17 nitrogen and oxygen atoms in total. The number of phosphoric acid groups is 2. The first-order valence-corrected chi connectivity index (χ1v) is 13.2. The number of aliphatic hydroxyl groups excluding tert-OH is 3. The van der Waals surface area contributed by atoms with Crippen LogP contribution in [0.2, 0.25) is 0 Å². The Morgan fingerprint density at radius 1 is 1.17 bits per heavy atom. The highest BCUT2D eigenvalue weighted by Gasteiger charge is 2.47. The van der Waals surface area contributed by atoms with Crippen LogP contribution in [-0.4, -0.2) is 84.1 Å². The Labute approximate surface area is 197 Å². The molecular weight excluding hydrogens is 520 g/mol. The summed E-state index contributed by atoms with van der Waals surface area (Å²) in [5.41, 5.74) is 4.39. The van der Waals surface area contributed by atoms with E-state index in [0.29, 0.717) is 0 Å². The quantitative estimate of drug-likeness (QED) is 0.166. The maximum atomic E-state index is 12.2. The molecule has 2 fully saturated rings. The Kier molecular flexibility index (Phi) is 8.56. The van der Waals surface area contributed by atoms with E-state index in [4.69, 9.17) is 15.2 Å². The van der Waals surface area contributed by atoms with Gasteiger partial charge in [0.25, 0.3) is 5.56 Å². The monoisotopic (exact) mass is 547 g/mol. The zero-order chi connectivity index (χ0) is 26.3. The van der Waals surface area contributed by atoms with Gasteiger partial charge in [-0.1, -0.05) is 0 Å². The highest BCUT2D eigenvalue weighted by Crippen LogP contribution is 2.61. The summed E-state index contributed by atoms with van der Waals surface area (Å²) >= 11 is 0. The van der Waals surface area contributed by atoms with Gasteiger partial charge in [-0.05, 0) is 13.8 Å². The van der Waals surface area contributed by atoms with Gasteiger partial charge >= 0.3 is 21.3 Å². The standard InChI is InChI=1S/C16H27N3O14P2/c1-6-4-19(16(24)18-14(6)23)10-3-8(20)9(31-10)5-29-34(25,26)33-35(27,28)32-15-13(22)12(21)11(17)7(2)30-15/h4,7-13,15,20-22H,3,5,17H2,1-2H3,(H,25,26)(H,27,28)(H,18,23,24)/t7-,8+,9-,10-,11-,12+,13-,15?/m1/s1. The van der Waals surface area contributed by atoms with E-state index < -0.39 is 82.6 Å². The zero-order valence-electron chi connectivity index (χ0n) is 18.4. The van der Waals surface area contributed by atoms with Crippen LogP contribution >= 0.6 is 15.6 Å². The molecular formula is C16H27N3O14P2. The van der Waals surface area contributed by atoms with Gasteiger partial charge in [-0.25, -0.2) is 13.9 Å². The van der Waals surface area contributed by atoms with Crippen molar-refractivity contribution in [2.24, 2.45) is 5.73 Å². The fourth-order valence-corrected chi connectivity index (χ4v) is 5.60. The van der Waals surface area contributed by atoms with Gasteiger partial charge in [0, 0.05) is 18.2 Å². The molecule has 1 aromatic rings. The second kappa shape index (κ2) is 10.6. The molecule has 0 radical (unpaired) electrons. The van der Waals surface area contributed by atoms with Crippen LogP contribution in [0.15, 0.2) is 15.8 Å². The fraction of sp³-hybridized carbons (Fsp3) is 0.750. The minimum absolute atomic E-state index is 0.142. The number of nitrogens with zero attached hydrogens (tertiary/aromatic N) is 1. The third-order valence-corrected chi connectivity index (χ3v) is 8.02. The van der Waals surface area contributed by atoms with Crippen LogP contribution in [0.25, 0.3) is 0 Å².